The van der Waals surface area contributed by atoms with Gasteiger partial charge < -0.3 is 9.47 Å². The highest BCUT2D eigenvalue weighted by atomic mass is 32.2. The second-order valence-electron chi connectivity index (χ2n) is 5.31. The van der Waals surface area contributed by atoms with Gasteiger partial charge in [-0.2, -0.15) is 0 Å². The zero-order valence-corrected chi connectivity index (χ0v) is 16.0. The number of nitrogens with zero attached hydrogens (tertiary/aromatic N) is 1. The van der Waals surface area contributed by atoms with Crippen molar-refractivity contribution < 1.29 is 14.3 Å². The number of aryl methyl sites for hydroxylation is 1. The zero-order chi connectivity index (χ0) is 18.0. The first kappa shape index (κ1) is 17.6. The Kier molecular flexibility index (Phi) is 5.15. The number of anilines is 1. The SMILES string of the molecule is COc1cc(C(=O)Nc2nc3c(C)cccc3s2)cc(SC)c1OC. The Labute approximate surface area is 154 Å². The normalized spacial score (nSPS) is 10.7. The van der Waals surface area contributed by atoms with Crippen molar-refractivity contribution in [1.29, 1.82) is 0 Å². The van der Waals surface area contributed by atoms with Crippen molar-refractivity contribution in [2.45, 2.75) is 11.8 Å². The highest BCUT2D eigenvalue weighted by Gasteiger charge is 2.17. The van der Waals surface area contributed by atoms with E-state index in [-0.39, 0.29) is 5.91 Å². The molecule has 0 aliphatic carbocycles. The average molecular weight is 374 g/mol. The van der Waals surface area contributed by atoms with Crippen LogP contribution in [-0.2, 0) is 0 Å². The van der Waals surface area contributed by atoms with Crippen molar-refractivity contribution in [1.82, 2.24) is 4.98 Å². The van der Waals surface area contributed by atoms with E-state index in [1.807, 2.05) is 31.4 Å². The molecule has 0 saturated carbocycles. The van der Waals surface area contributed by atoms with Crippen LogP contribution in [0.15, 0.2) is 35.2 Å². The van der Waals surface area contributed by atoms with Gasteiger partial charge in [0.1, 0.15) is 0 Å². The third-order valence-electron chi connectivity index (χ3n) is 3.77. The molecule has 0 spiro atoms. The molecule has 1 N–H and O–H groups in total. The summed E-state index contributed by atoms with van der Waals surface area (Å²) in [5.74, 6) is 0.926. The number of nitrogens with one attached hydrogen (secondary N) is 1. The summed E-state index contributed by atoms with van der Waals surface area (Å²) in [5.41, 5.74) is 2.50. The first-order valence-electron chi connectivity index (χ1n) is 7.55. The molecule has 0 aliphatic heterocycles. The summed E-state index contributed by atoms with van der Waals surface area (Å²) in [7, 11) is 3.14. The Balaban J connectivity index is 1.93. The molecule has 7 heteroatoms. The molecular formula is C18H18N2O3S2. The number of aromatic nitrogens is 1. The van der Waals surface area contributed by atoms with Crippen molar-refractivity contribution in [3.63, 3.8) is 0 Å². The van der Waals surface area contributed by atoms with Crippen LogP contribution >= 0.6 is 23.1 Å². The van der Waals surface area contributed by atoms with E-state index in [4.69, 9.17) is 9.47 Å². The fourth-order valence-electron chi connectivity index (χ4n) is 2.52. The molecule has 25 heavy (non-hydrogen) atoms. The van der Waals surface area contributed by atoms with Gasteiger partial charge in [-0.1, -0.05) is 23.5 Å². The van der Waals surface area contributed by atoms with Crippen LogP contribution in [-0.4, -0.2) is 31.4 Å². The number of para-hydroxylation sites is 1. The molecule has 0 radical (unpaired) electrons. The number of fused-ring (bicyclic) bond motifs is 1. The quantitative estimate of drug-likeness (QED) is 0.662. The highest BCUT2D eigenvalue weighted by Crippen LogP contribution is 2.38. The van der Waals surface area contributed by atoms with Gasteiger partial charge in [0.25, 0.3) is 5.91 Å². The van der Waals surface area contributed by atoms with Crippen LogP contribution in [0.25, 0.3) is 10.2 Å². The number of thiazole rings is 1. The van der Waals surface area contributed by atoms with Crippen LogP contribution in [0.2, 0.25) is 0 Å². The van der Waals surface area contributed by atoms with E-state index in [0.717, 1.165) is 20.7 Å². The molecule has 5 nitrogen and oxygen atoms in total. The summed E-state index contributed by atoms with van der Waals surface area (Å²) < 4.78 is 11.8. The standard InChI is InChI=1S/C18H18N2O3S2/c1-10-6-5-7-13-15(10)19-18(25-13)20-17(21)11-8-12(22-2)16(23-3)14(9-11)24-4/h5-9H,1-4H3,(H,19,20,21). The maximum Gasteiger partial charge on any atom is 0.257 e. The Morgan fingerprint density at radius 2 is 2.04 bits per heavy atom. The van der Waals surface area contributed by atoms with E-state index in [1.165, 1.54) is 23.1 Å². The summed E-state index contributed by atoms with van der Waals surface area (Å²) in [5, 5.41) is 3.46. The maximum absolute atomic E-state index is 12.7. The fourth-order valence-corrected chi connectivity index (χ4v) is 4.07. The predicted molar refractivity (Wildman–Crippen MR) is 104 cm³/mol. The van der Waals surface area contributed by atoms with Gasteiger partial charge in [0.2, 0.25) is 0 Å². The molecule has 0 atom stereocenters. The Morgan fingerprint density at radius 3 is 2.68 bits per heavy atom. The summed E-state index contributed by atoms with van der Waals surface area (Å²) in [4.78, 5) is 18.0. The zero-order valence-electron chi connectivity index (χ0n) is 14.4. The van der Waals surface area contributed by atoms with Gasteiger partial charge in [0, 0.05) is 5.56 Å². The summed E-state index contributed by atoms with van der Waals surface area (Å²) in [6.45, 7) is 2.01. The Hall–Kier alpha value is -2.25. The summed E-state index contributed by atoms with van der Waals surface area (Å²) >= 11 is 2.95. The van der Waals surface area contributed by atoms with Crippen LogP contribution < -0.4 is 14.8 Å². The van der Waals surface area contributed by atoms with E-state index in [2.05, 4.69) is 10.3 Å². The molecule has 2 aromatic carbocycles. The van der Waals surface area contributed by atoms with Crippen LogP contribution in [0.4, 0.5) is 5.13 Å². The van der Waals surface area contributed by atoms with E-state index in [9.17, 15) is 4.79 Å². The second-order valence-corrected chi connectivity index (χ2v) is 7.19. The van der Waals surface area contributed by atoms with E-state index in [1.54, 1.807) is 26.4 Å². The molecule has 1 heterocycles. The number of carbonyl (C=O) groups excluding carboxylic acids is 1. The lowest BCUT2D eigenvalue weighted by Gasteiger charge is -2.13. The van der Waals surface area contributed by atoms with Crippen molar-refractivity contribution in [3.05, 3.63) is 41.5 Å². The van der Waals surface area contributed by atoms with E-state index >= 15 is 0 Å². The first-order chi connectivity index (χ1) is 12.1. The lowest BCUT2D eigenvalue weighted by Crippen LogP contribution is -2.12. The third kappa shape index (κ3) is 3.43. The Bertz CT molecular complexity index is 912. The minimum atomic E-state index is -0.229. The van der Waals surface area contributed by atoms with Gasteiger partial charge in [0.15, 0.2) is 16.6 Å². The van der Waals surface area contributed by atoms with Gasteiger partial charge in [-0.25, -0.2) is 4.98 Å². The topological polar surface area (TPSA) is 60.5 Å². The van der Waals surface area contributed by atoms with Gasteiger partial charge in [-0.05, 0) is 36.9 Å². The van der Waals surface area contributed by atoms with Crippen molar-refractivity contribution in [2.75, 3.05) is 25.8 Å². The van der Waals surface area contributed by atoms with Crippen LogP contribution in [0.1, 0.15) is 15.9 Å². The molecule has 0 saturated heterocycles. The number of benzene rings is 2. The molecule has 1 amide bonds. The van der Waals surface area contributed by atoms with Crippen LogP contribution in [0, 0.1) is 6.92 Å². The minimum Gasteiger partial charge on any atom is -0.493 e. The van der Waals surface area contributed by atoms with Crippen molar-refractivity contribution in [3.8, 4) is 11.5 Å². The molecule has 0 fully saturated rings. The number of rotatable bonds is 5. The predicted octanol–water partition coefficient (Wildman–Crippen LogP) is 4.60. The number of thioether (sulfide) groups is 1. The molecule has 3 aromatic rings. The molecule has 0 aliphatic rings. The number of methoxy groups -OCH3 is 2. The lowest BCUT2D eigenvalue weighted by molar-refractivity contribution is 0.102. The monoisotopic (exact) mass is 374 g/mol. The summed E-state index contributed by atoms with van der Waals surface area (Å²) in [6, 6.07) is 9.46. The number of amides is 1. The lowest BCUT2D eigenvalue weighted by atomic mass is 10.2. The van der Waals surface area contributed by atoms with Gasteiger partial charge in [-0.3, -0.25) is 10.1 Å². The second kappa shape index (κ2) is 7.33. The van der Waals surface area contributed by atoms with Crippen LogP contribution in [0.3, 0.4) is 0 Å². The fraction of sp³-hybridized carbons (Fsp3) is 0.222. The molecule has 130 valence electrons. The Morgan fingerprint density at radius 1 is 1.24 bits per heavy atom. The van der Waals surface area contributed by atoms with Crippen molar-refractivity contribution in [2.24, 2.45) is 0 Å². The maximum atomic E-state index is 12.7. The van der Waals surface area contributed by atoms with Gasteiger partial charge >= 0.3 is 0 Å². The minimum absolute atomic E-state index is 0.229. The smallest absolute Gasteiger partial charge is 0.257 e. The highest BCUT2D eigenvalue weighted by molar-refractivity contribution is 7.98. The first-order valence-corrected chi connectivity index (χ1v) is 9.59. The van der Waals surface area contributed by atoms with Crippen molar-refractivity contribution >= 4 is 44.4 Å². The molecule has 1 aromatic heterocycles. The summed E-state index contributed by atoms with van der Waals surface area (Å²) in [6.07, 6.45) is 1.93. The number of hydrogen-bond acceptors (Lipinski definition) is 6. The van der Waals surface area contributed by atoms with Gasteiger partial charge in [-0.15, -0.1) is 11.8 Å². The number of carbonyl (C=O) groups is 1. The molecule has 3 rings (SSSR count). The molecule has 0 bridgehead atoms. The van der Waals surface area contributed by atoms with E-state index in [0.29, 0.717) is 22.2 Å². The number of hydrogen-bond donors (Lipinski definition) is 1. The third-order valence-corrected chi connectivity index (χ3v) is 5.45. The largest absolute Gasteiger partial charge is 0.493 e. The van der Waals surface area contributed by atoms with Gasteiger partial charge in [0.05, 0.1) is 29.3 Å². The number of ether oxygens (including phenoxy) is 2. The molecule has 0 unspecified atom stereocenters. The molecular weight excluding hydrogens is 356 g/mol. The van der Waals surface area contributed by atoms with E-state index < -0.39 is 0 Å². The van der Waals surface area contributed by atoms with Crippen LogP contribution in [0.5, 0.6) is 11.5 Å². The average Bonchev–Trinajstić information content (AvgIpc) is 3.04.